The van der Waals surface area contributed by atoms with Crippen molar-refractivity contribution < 1.29 is 18.9 Å². The molecular formula is C25H34BN3O4. The van der Waals surface area contributed by atoms with Gasteiger partial charge in [0, 0.05) is 24.6 Å². The van der Waals surface area contributed by atoms with Crippen LogP contribution in [0.5, 0.6) is 0 Å². The Kier molecular flexibility index (Phi) is 8.38. The molecule has 33 heavy (non-hydrogen) atoms. The van der Waals surface area contributed by atoms with Gasteiger partial charge in [0.2, 0.25) is 0 Å². The van der Waals surface area contributed by atoms with Crippen LogP contribution in [0.25, 0.3) is 0 Å². The van der Waals surface area contributed by atoms with Crippen molar-refractivity contribution in [2.45, 2.75) is 77.4 Å². The smallest absolute Gasteiger partial charge is 0.406 e. The summed E-state index contributed by atoms with van der Waals surface area (Å²) in [7, 11) is -0.450. The van der Waals surface area contributed by atoms with Gasteiger partial charge in [-0.25, -0.2) is 4.98 Å². The number of benzene rings is 1. The topological polar surface area (TPSA) is 90.4 Å². The van der Waals surface area contributed by atoms with Crippen molar-refractivity contribution in [3.05, 3.63) is 60.2 Å². The molecule has 176 valence electrons. The van der Waals surface area contributed by atoms with E-state index in [2.05, 4.69) is 29.1 Å². The molecule has 3 atom stereocenters. The van der Waals surface area contributed by atoms with Crippen LogP contribution in [0.4, 0.5) is 0 Å². The summed E-state index contributed by atoms with van der Waals surface area (Å²) >= 11 is 0. The fraction of sp³-hybridized carbons (Fsp3) is 0.520. The first-order chi connectivity index (χ1) is 15.7. The normalized spacial score (nSPS) is 19.3. The minimum atomic E-state index is -0.691. The van der Waals surface area contributed by atoms with Gasteiger partial charge in [-0.1, -0.05) is 44.2 Å². The predicted molar refractivity (Wildman–Crippen MR) is 128 cm³/mol. The summed E-state index contributed by atoms with van der Waals surface area (Å²) in [6, 6.07) is 8.98. The molecule has 3 unspecified atom stereocenters. The molecule has 1 aliphatic heterocycles. The van der Waals surface area contributed by atoms with Crippen LogP contribution in [0, 0.1) is 5.92 Å². The van der Waals surface area contributed by atoms with Crippen LogP contribution in [-0.2, 0) is 20.5 Å². The Bertz CT molecular complexity index is 924. The minimum Gasteiger partial charge on any atom is -0.406 e. The van der Waals surface area contributed by atoms with Gasteiger partial charge < -0.3 is 14.6 Å². The summed E-state index contributed by atoms with van der Waals surface area (Å²) in [6.45, 7) is 10.3. The molecule has 0 spiro atoms. The molecule has 0 bridgehead atoms. The Balaban J connectivity index is 1.78. The van der Waals surface area contributed by atoms with E-state index in [4.69, 9.17) is 9.31 Å². The largest absolute Gasteiger partial charge is 0.461 e. The highest BCUT2D eigenvalue weighted by Gasteiger charge is 2.47. The molecule has 0 aliphatic carbocycles. The lowest BCUT2D eigenvalue weighted by molar-refractivity contribution is -0.121. The third-order valence-electron chi connectivity index (χ3n) is 6.13. The second-order valence-electron chi connectivity index (χ2n) is 9.73. The van der Waals surface area contributed by atoms with Crippen molar-refractivity contribution in [2.75, 3.05) is 0 Å². The molecular weight excluding hydrogens is 417 g/mol. The van der Waals surface area contributed by atoms with Crippen molar-refractivity contribution in [3.63, 3.8) is 0 Å². The summed E-state index contributed by atoms with van der Waals surface area (Å²) in [4.78, 5) is 34.3. The van der Waals surface area contributed by atoms with E-state index in [1.165, 1.54) is 18.6 Å². The average molecular weight is 451 g/mol. The fourth-order valence-electron chi connectivity index (χ4n) is 4.04. The number of nitrogens with one attached hydrogen (secondary N) is 1. The average Bonchev–Trinajstić information content (AvgIpc) is 3.06. The van der Waals surface area contributed by atoms with Crippen molar-refractivity contribution in [1.29, 1.82) is 0 Å². The molecule has 1 aromatic heterocycles. The zero-order chi connectivity index (χ0) is 24.0. The van der Waals surface area contributed by atoms with E-state index in [0.29, 0.717) is 12.3 Å². The van der Waals surface area contributed by atoms with Gasteiger partial charge in [-0.15, -0.1) is 0 Å². The molecule has 1 fully saturated rings. The highest BCUT2D eigenvalue weighted by molar-refractivity contribution is 6.47. The first-order valence-corrected chi connectivity index (χ1v) is 11.6. The van der Waals surface area contributed by atoms with Crippen molar-refractivity contribution in [3.8, 4) is 0 Å². The molecule has 0 radical (unpaired) electrons. The van der Waals surface area contributed by atoms with Gasteiger partial charge in [0.25, 0.3) is 5.91 Å². The Morgan fingerprint density at radius 3 is 2.48 bits per heavy atom. The van der Waals surface area contributed by atoms with Gasteiger partial charge in [0.1, 0.15) is 5.69 Å². The van der Waals surface area contributed by atoms with Gasteiger partial charge in [-0.2, -0.15) is 0 Å². The first kappa shape index (κ1) is 25.1. The second kappa shape index (κ2) is 11.0. The number of carbonyl (C=O) groups is 2. The molecule has 2 heterocycles. The van der Waals surface area contributed by atoms with E-state index in [0.717, 1.165) is 12.0 Å². The summed E-state index contributed by atoms with van der Waals surface area (Å²) in [5.41, 5.74) is 0.742. The maximum Gasteiger partial charge on any atom is 0.461 e. The van der Waals surface area contributed by atoms with Crippen LogP contribution in [0.15, 0.2) is 48.9 Å². The number of ketones is 1. The van der Waals surface area contributed by atoms with Crippen LogP contribution in [0.3, 0.4) is 0 Å². The number of amides is 1. The lowest BCUT2D eigenvalue weighted by Crippen LogP contribution is -2.44. The Labute approximate surface area is 196 Å². The van der Waals surface area contributed by atoms with Gasteiger partial charge in [0.15, 0.2) is 5.78 Å². The number of aromatic nitrogens is 2. The van der Waals surface area contributed by atoms with E-state index in [-0.39, 0.29) is 29.8 Å². The number of carbonyl (C=O) groups excluding carboxylic acids is 2. The van der Waals surface area contributed by atoms with Gasteiger partial charge in [-0.3, -0.25) is 14.6 Å². The lowest BCUT2D eigenvalue weighted by atomic mass is 9.65. The van der Waals surface area contributed by atoms with Crippen molar-refractivity contribution in [1.82, 2.24) is 15.3 Å². The standard InChI is InChI=1S/C25H34BN3O4/c1-17(2)13-20(26-32-18(3)25(4,5)33-26)15-23(30)21(14-19-9-7-6-8-10-19)29-24(31)22-16-27-11-12-28-22/h6-12,16-18,20-21H,13-15H2,1-5H3,(H,29,31). The van der Waals surface area contributed by atoms with Crippen LogP contribution >= 0.6 is 0 Å². The first-order valence-electron chi connectivity index (χ1n) is 11.6. The fourth-order valence-corrected chi connectivity index (χ4v) is 4.04. The predicted octanol–water partition coefficient (Wildman–Crippen LogP) is 3.90. The quantitative estimate of drug-likeness (QED) is 0.551. The molecule has 0 saturated carbocycles. The Hall–Kier alpha value is -2.58. The molecule has 1 saturated heterocycles. The monoisotopic (exact) mass is 451 g/mol. The van der Waals surface area contributed by atoms with Crippen LogP contribution in [-0.4, -0.2) is 46.5 Å². The molecule has 1 amide bonds. The van der Waals surface area contributed by atoms with Crippen molar-refractivity contribution >= 4 is 18.8 Å². The zero-order valence-corrected chi connectivity index (χ0v) is 20.2. The SMILES string of the molecule is CC(C)CC(CC(=O)C(Cc1ccccc1)NC(=O)c1cnccn1)B1OC(C)C(C)(C)O1. The molecule has 8 heteroatoms. The van der Waals surface area contributed by atoms with Crippen molar-refractivity contribution in [2.24, 2.45) is 5.92 Å². The molecule has 1 N–H and O–H groups in total. The van der Waals surface area contributed by atoms with E-state index in [9.17, 15) is 9.59 Å². The summed E-state index contributed by atoms with van der Waals surface area (Å²) in [6.07, 6.45) is 5.73. The number of rotatable bonds is 10. The molecule has 7 nitrogen and oxygen atoms in total. The number of hydrogen-bond donors (Lipinski definition) is 1. The van der Waals surface area contributed by atoms with Crippen LogP contribution in [0.2, 0.25) is 5.82 Å². The third kappa shape index (κ3) is 6.95. The summed E-state index contributed by atoms with van der Waals surface area (Å²) < 4.78 is 12.3. The molecule has 2 aromatic rings. The number of hydrogen-bond acceptors (Lipinski definition) is 6. The molecule has 1 aliphatic rings. The minimum absolute atomic E-state index is 0.0497. The number of nitrogens with zero attached hydrogens (tertiary/aromatic N) is 2. The van der Waals surface area contributed by atoms with E-state index < -0.39 is 24.7 Å². The van der Waals surface area contributed by atoms with Gasteiger partial charge >= 0.3 is 7.12 Å². The highest BCUT2D eigenvalue weighted by atomic mass is 16.7. The maximum atomic E-state index is 13.5. The van der Waals surface area contributed by atoms with E-state index in [1.54, 1.807) is 0 Å². The highest BCUT2D eigenvalue weighted by Crippen LogP contribution is 2.37. The Morgan fingerprint density at radius 2 is 1.91 bits per heavy atom. The summed E-state index contributed by atoms with van der Waals surface area (Å²) in [5, 5.41) is 2.88. The molecule has 3 rings (SSSR count). The third-order valence-corrected chi connectivity index (χ3v) is 6.13. The van der Waals surface area contributed by atoms with E-state index >= 15 is 0 Å². The van der Waals surface area contributed by atoms with Crippen LogP contribution in [0.1, 0.15) is 63.5 Å². The summed E-state index contributed by atoms with van der Waals surface area (Å²) in [5.74, 6) is -0.198. The zero-order valence-electron chi connectivity index (χ0n) is 20.2. The number of Topliss-reactive ketones (excluding diaryl/α,β-unsaturated/α-hetero) is 1. The maximum absolute atomic E-state index is 13.5. The van der Waals surface area contributed by atoms with Gasteiger partial charge in [-0.05, 0) is 45.1 Å². The van der Waals surface area contributed by atoms with Crippen LogP contribution < -0.4 is 5.32 Å². The van der Waals surface area contributed by atoms with E-state index in [1.807, 2.05) is 51.1 Å². The second-order valence-corrected chi connectivity index (χ2v) is 9.73. The van der Waals surface area contributed by atoms with Gasteiger partial charge in [0.05, 0.1) is 23.9 Å². The molecule has 1 aromatic carbocycles. The lowest BCUT2D eigenvalue weighted by Gasteiger charge is -2.25. The Morgan fingerprint density at radius 1 is 1.18 bits per heavy atom.